The Morgan fingerprint density at radius 1 is 1.17 bits per heavy atom. The predicted molar refractivity (Wildman–Crippen MR) is 128 cm³/mol. The van der Waals surface area contributed by atoms with Gasteiger partial charge in [0.1, 0.15) is 17.5 Å². The molecule has 36 heavy (non-hydrogen) atoms. The van der Waals surface area contributed by atoms with Crippen molar-refractivity contribution in [3.63, 3.8) is 0 Å². The second-order valence-corrected chi connectivity index (χ2v) is 9.52. The fourth-order valence-corrected chi connectivity index (χ4v) is 5.06. The lowest BCUT2D eigenvalue weighted by Crippen LogP contribution is -2.39. The van der Waals surface area contributed by atoms with E-state index in [-0.39, 0.29) is 47.1 Å². The summed E-state index contributed by atoms with van der Waals surface area (Å²) in [5.74, 6) is -1.78. The highest BCUT2D eigenvalue weighted by Crippen LogP contribution is 2.38. The first-order valence-corrected chi connectivity index (χ1v) is 12.1. The van der Waals surface area contributed by atoms with Gasteiger partial charge in [-0.05, 0) is 38.2 Å². The number of amides is 1. The molecule has 3 aromatic rings. The third-order valence-electron chi connectivity index (χ3n) is 6.74. The van der Waals surface area contributed by atoms with Crippen molar-refractivity contribution in [1.82, 2.24) is 19.5 Å². The van der Waals surface area contributed by atoms with Crippen LogP contribution < -0.4 is 16.4 Å². The molecule has 0 unspecified atom stereocenters. The summed E-state index contributed by atoms with van der Waals surface area (Å²) in [6.07, 6.45) is 3.12. The van der Waals surface area contributed by atoms with Crippen molar-refractivity contribution in [1.29, 1.82) is 0 Å². The Balaban J connectivity index is 1.53. The maximum atomic E-state index is 14.6. The van der Waals surface area contributed by atoms with Crippen LogP contribution >= 0.6 is 11.6 Å². The second-order valence-electron chi connectivity index (χ2n) is 9.12. The van der Waals surface area contributed by atoms with Gasteiger partial charge >= 0.3 is 0 Å². The maximum Gasteiger partial charge on any atom is 0.225 e. The first-order valence-electron chi connectivity index (χ1n) is 11.7. The molecule has 1 aliphatic carbocycles. The van der Waals surface area contributed by atoms with Crippen LogP contribution in [0.4, 0.5) is 30.8 Å². The lowest BCUT2D eigenvalue weighted by molar-refractivity contribution is -0.122. The van der Waals surface area contributed by atoms with Crippen molar-refractivity contribution in [3.8, 4) is 0 Å². The molecule has 4 N–H and O–H groups in total. The van der Waals surface area contributed by atoms with Gasteiger partial charge in [0.2, 0.25) is 17.8 Å². The van der Waals surface area contributed by atoms with Gasteiger partial charge in [-0.2, -0.15) is 4.98 Å². The van der Waals surface area contributed by atoms with E-state index in [1.165, 1.54) is 6.20 Å². The standard InChI is InChI=1S/C23H25ClF3N7O2/c24-14-7-12(25)8-15(26)19(14)32-23-31-18-9-29-22(30-17-5-6-36-10-16(17)27)33-21(18)34(23)13-3-1-11(2-4-13)20(28)35/h7-9,11,13,16-17H,1-6,10H2,(H2,28,35)(H,31,32)(H,29,30,33)/t11-,13+,16-,17+/m1/s1. The van der Waals surface area contributed by atoms with Crippen LogP contribution in [0.3, 0.4) is 0 Å². The summed E-state index contributed by atoms with van der Waals surface area (Å²) < 4.78 is 49.4. The largest absolute Gasteiger partial charge is 0.378 e. The van der Waals surface area contributed by atoms with E-state index in [2.05, 4.69) is 25.6 Å². The summed E-state index contributed by atoms with van der Waals surface area (Å²) in [4.78, 5) is 25.1. The molecule has 1 saturated carbocycles. The fraction of sp³-hybridized carbons (Fsp3) is 0.478. The van der Waals surface area contributed by atoms with Crippen molar-refractivity contribution in [2.45, 2.75) is 50.4 Å². The van der Waals surface area contributed by atoms with Gasteiger partial charge in [-0.3, -0.25) is 9.36 Å². The summed E-state index contributed by atoms with van der Waals surface area (Å²) in [6, 6.07) is 1.09. The number of fused-ring (bicyclic) bond motifs is 1. The molecule has 0 radical (unpaired) electrons. The van der Waals surface area contributed by atoms with Crippen molar-refractivity contribution >= 4 is 46.3 Å². The van der Waals surface area contributed by atoms with Crippen LogP contribution in [0.25, 0.3) is 11.2 Å². The van der Waals surface area contributed by atoms with Gasteiger partial charge < -0.3 is 21.1 Å². The number of ether oxygens (including phenoxy) is 1. The Morgan fingerprint density at radius 2 is 1.94 bits per heavy atom. The zero-order chi connectivity index (χ0) is 25.4. The van der Waals surface area contributed by atoms with Crippen LogP contribution in [0.5, 0.6) is 0 Å². The summed E-state index contributed by atoms with van der Waals surface area (Å²) in [5.41, 5.74) is 6.23. The van der Waals surface area contributed by atoms with Gasteiger partial charge in [0.05, 0.1) is 29.6 Å². The number of anilines is 3. The number of benzene rings is 1. The molecular formula is C23H25ClF3N7O2. The molecule has 1 aromatic carbocycles. The first-order chi connectivity index (χ1) is 17.3. The number of halogens is 4. The summed E-state index contributed by atoms with van der Waals surface area (Å²) in [6.45, 7) is 0.429. The van der Waals surface area contributed by atoms with Crippen LogP contribution in [0.2, 0.25) is 5.02 Å². The van der Waals surface area contributed by atoms with E-state index in [0.717, 1.165) is 12.1 Å². The zero-order valence-electron chi connectivity index (χ0n) is 19.2. The number of carbonyl (C=O) groups excluding carboxylic acids is 1. The van der Waals surface area contributed by atoms with Crippen LogP contribution in [0.1, 0.15) is 38.1 Å². The Kier molecular flexibility index (Phi) is 6.89. The SMILES string of the molecule is NC(=O)[C@H]1CC[C@@H](n2c(Nc3c(F)cc(F)cc3Cl)nc3cnc(N[C@H]4CCOC[C@H]4F)nc32)CC1. The molecule has 2 aromatic heterocycles. The summed E-state index contributed by atoms with van der Waals surface area (Å²) in [7, 11) is 0. The molecule has 0 spiro atoms. The molecule has 2 atom stereocenters. The van der Waals surface area contributed by atoms with Gasteiger partial charge in [-0.1, -0.05) is 11.6 Å². The van der Waals surface area contributed by atoms with Crippen LogP contribution in [-0.2, 0) is 9.53 Å². The Bertz CT molecular complexity index is 1260. The second kappa shape index (κ2) is 10.1. The Morgan fingerprint density at radius 3 is 2.64 bits per heavy atom. The number of hydrogen-bond acceptors (Lipinski definition) is 7. The molecule has 9 nitrogen and oxygen atoms in total. The van der Waals surface area contributed by atoms with Crippen molar-refractivity contribution in [2.75, 3.05) is 23.8 Å². The van der Waals surface area contributed by atoms with Crippen LogP contribution in [-0.4, -0.2) is 50.9 Å². The minimum atomic E-state index is -1.20. The number of carbonyl (C=O) groups is 1. The van der Waals surface area contributed by atoms with E-state index in [0.29, 0.717) is 49.9 Å². The fourth-order valence-electron chi connectivity index (χ4n) is 4.82. The third-order valence-corrected chi connectivity index (χ3v) is 7.04. The highest BCUT2D eigenvalue weighted by Gasteiger charge is 2.30. The van der Waals surface area contributed by atoms with Crippen molar-refractivity contribution < 1.29 is 22.7 Å². The maximum absolute atomic E-state index is 14.6. The number of nitrogens with one attached hydrogen (secondary N) is 2. The summed E-state index contributed by atoms with van der Waals surface area (Å²) in [5, 5.41) is 5.77. The molecule has 0 bridgehead atoms. The molecule has 1 saturated heterocycles. The number of nitrogens with two attached hydrogens (primary N) is 1. The molecule has 3 heterocycles. The molecule has 192 valence electrons. The average molecular weight is 524 g/mol. The Hall–Kier alpha value is -3.12. The number of aromatic nitrogens is 4. The highest BCUT2D eigenvalue weighted by molar-refractivity contribution is 6.33. The van der Waals surface area contributed by atoms with E-state index in [1.807, 2.05) is 0 Å². The molecular weight excluding hydrogens is 499 g/mol. The predicted octanol–water partition coefficient (Wildman–Crippen LogP) is 4.26. The average Bonchev–Trinajstić information content (AvgIpc) is 3.20. The van der Waals surface area contributed by atoms with E-state index >= 15 is 0 Å². The van der Waals surface area contributed by atoms with E-state index < -0.39 is 23.8 Å². The highest BCUT2D eigenvalue weighted by atomic mass is 35.5. The normalized spacial score (nSPS) is 24.6. The van der Waals surface area contributed by atoms with Gasteiger partial charge in [-0.15, -0.1) is 0 Å². The quantitative estimate of drug-likeness (QED) is 0.441. The zero-order valence-corrected chi connectivity index (χ0v) is 19.9. The van der Waals surface area contributed by atoms with Crippen molar-refractivity contribution in [2.24, 2.45) is 11.7 Å². The van der Waals surface area contributed by atoms with Crippen LogP contribution in [0.15, 0.2) is 18.3 Å². The minimum Gasteiger partial charge on any atom is -0.378 e. The van der Waals surface area contributed by atoms with Gasteiger partial charge in [0.15, 0.2) is 11.5 Å². The van der Waals surface area contributed by atoms with Crippen molar-refractivity contribution in [3.05, 3.63) is 35.0 Å². The van der Waals surface area contributed by atoms with Gasteiger partial charge in [-0.25, -0.2) is 23.1 Å². The molecule has 1 amide bonds. The third kappa shape index (κ3) is 4.92. The molecule has 5 rings (SSSR count). The summed E-state index contributed by atoms with van der Waals surface area (Å²) >= 11 is 6.11. The topological polar surface area (TPSA) is 120 Å². The number of imidazole rings is 1. The lowest BCUT2D eigenvalue weighted by atomic mass is 9.85. The van der Waals surface area contributed by atoms with E-state index in [1.54, 1.807) is 4.57 Å². The smallest absolute Gasteiger partial charge is 0.225 e. The lowest BCUT2D eigenvalue weighted by Gasteiger charge is -2.29. The molecule has 13 heteroatoms. The van der Waals surface area contributed by atoms with E-state index in [9.17, 15) is 18.0 Å². The molecule has 2 fully saturated rings. The molecule has 1 aliphatic heterocycles. The molecule has 2 aliphatic rings. The number of alkyl halides is 1. The first kappa shape index (κ1) is 24.6. The number of nitrogens with zero attached hydrogens (tertiary/aromatic N) is 4. The minimum absolute atomic E-state index is 0.000983. The number of hydrogen-bond donors (Lipinski definition) is 3. The monoisotopic (exact) mass is 523 g/mol. The Labute approximate surface area is 209 Å². The van der Waals surface area contributed by atoms with Crippen LogP contribution in [0, 0.1) is 17.6 Å². The van der Waals surface area contributed by atoms with Gasteiger partial charge in [0.25, 0.3) is 0 Å². The number of primary amides is 1. The van der Waals surface area contributed by atoms with E-state index in [4.69, 9.17) is 22.1 Å². The van der Waals surface area contributed by atoms with Gasteiger partial charge in [0, 0.05) is 24.6 Å². The number of rotatable bonds is 6.